The fourth-order valence-corrected chi connectivity index (χ4v) is 2.84. The second kappa shape index (κ2) is 9.68. The van der Waals surface area contributed by atoms with Gasteiger partial charge in [0.2, 0.25) is 0 Å². The third kappa shape index (κ3) is 5.78. The SMILES string of the molecule is COc1ccc(CCNC(=O)c2ccc(Cn3ccnc3)cc2)cc1OC(F)F. The largest absolute Gasteiger partial charge is 0.493 e. The minimum atomic E-state index is -2.93. The number of nitrogens with zero attached hydrogens (tertiary/aromatic N) is 2. The summed E-state index contributed by atoms with van der Waals surface area (Å²) >= 11 is 0. The maximum atomic E-state index is 12.5. The van der Waals surface area contributed by atoms with Crippen LogP contribution in [0, 0.1) is 0 Å². The summed E-state index contributed by atoms with van der Waals surface area (Å²) in [5.41, 5.74) is 2.36. The number of rotatable bonds is 9. The lowest BCUT2D eigenvalue weighted by atomic mass is 10.1. The number of ether oxygens (including phenoxy) is 2. The van der Waals surface area contributed by atoms with Crippen molar-refractivity contribution < 1.29 is 23.0 Å². The Bertz CT molecular complexity index is 929. The first kappa shape index (κ1) is 20.3. The van der Waals surface area contributed by atoms with E-state index in [9.17, 15) is 13.6 Å². The van der Waals surface area contributed by atoms with Crippen molar-refractivity contribution in [1.82, 2.24) is 14.9 Å². The molecule has 6 nitrogen and oxygen atoms in total. The van der Waals surface area contributed by atoms with Gasteiger partial charge in [-0.2, -0.15) is 8.78 Å². The molecule has 1 aromatic heterocycles. The van der Waals surface area contributed by atoms with Crippen LogP contribution in [0.1, 0.15) is 21.5 Å². The first-order chi connectivity index (χ1) is 14.0. The molecule has 0 fully saturated rings. The van der Waals surface area contributed by atoms with Gasteiger partial charge in [-0.1, -0.05) is 18.2 Å². The monoisotopic (exact) mass is 401 g/mol. The van der Waals surface area contributed by atoms with E-state index in [0.717, 1.165) is 11.1 Å². The molecule has 1 N–H and O–H groups in total. The van der Waals surface area contributed by atoms with Crippen molar-refractivity contribution in [2.24, 2.45) is 0 Å². The number of hydrogen-bond acceptors (Lipinski definition) is 4. The number of alkyl halides is 2. The van der Waals surface area contributed by atoms with Gasteiger partial charge in [-0.05, 0) is 41.8 Å². The lowest BCUT2D eigenvalue weighted by molar-refractivity contribution is -0.0512. The summed E-state index contributed by atoms with van der Waals surface area (Å²) in [5, 5.41) is 2.83. The number of methoxy groups -OCH3 is 1. The molecule has 2 aromatic carbocycles. The maximum Gasteiger partial charge on any atom is 0.387 e. The molecule has 0 saturated carbocycles. The quantitative estimate of drug-likeness (QED) is 0.596. The van der Waals surface area contributed by atoms with Crippen LogP contribution in [0.25, 0.3) is 0 Å². The van der Waals surface area contributed by atoms with Crippen molar-refractivity contribution in [2.75, 3.05) is 13.7 Å². The molecule has 1 heterocycles. The zero-order chi connectivity index (χ0) is 20.6. The number of nitrogens with one attached hydrogen (secondary N) is 1. The minimum Gasteiger partial charge on any atom is -0.493 e. The average molecular weight is 401 g/mol. The van der Waals surface area contributed by atoms with E-state index in [4.69, 9.17) is 4.74 Å². The van der Waals surface area contributed by atoms with Crippen LogP contribution < -0.4 is 14.8 Å². The van der Waals surface area contributed by atoms with Crippen molar-refractivity contribution in [3.05, 3.63) is 77.9 Å². The molecule has 8 heteroatoms. The number of aromatic nitrogens is 2. The predicted octanol–water partition coefficient (Wildman–Crippen LogP) is 3.51. The summed E-state index contributed by atoms with van der Waals surface area (Å²) in [7, 11) is 1.38. The molecule has 0 aliphatic rings. The molecule has 1 amide bonds. The number of imidazole rings is 1. The maximum absolute atomic E-state index is 12.5. The Balaban J connectivity index is 1.53. The topological polar surface area (TPSA) is 65.4 Å². The minimum absolute atomic E-state index is 0.0280. The molecule has 0 aliphatic heterocycles. The highest BCUT2D eigenvalue weighted by molar-refractivity contribution is 5.94. The van der Waals surface area contributed by atoms with E-state index in [1.54, 1.807) is 36.8 Å². The van der Waals surface area contributed by atoms with E-state index in [1.807, 2.05) is 22.9 Å². The van der Waals surface area contributed by atoms with Crippen LogP contribution in [0.3, 0.4) is 0 Å². The van der Waals surface area contributed by atoms with Gasteiger partial charge in [-0.15, -0.1) is 0 Å². The van der Waals surface area contributed by atoms with Crippen molar-refractivity contribution in [3.63, 3.8) is 0 Å². The molecule has 0 unspecified atom stereocenters. The van der Waals surface area contributed by atoms with Crippen LogP contribution in [0.15, 0.2) is 61.2 Å². The van der Waals surface area contributed by atoms with E-state index in [2.05, 4.69) is 15.0 Å². The van der Waals surface area contributed by atoms with Crippen LogP contribution in [-0.2, 0) is 13.0 Å². The Hall–Kier alpha value is -3.42. The second-order valence-electron chi connectivity index (χ2n) is 6.30. The zero-order valence-corrected chi connectivity index (χ0v) is 15.8. The summed E-state index contributed by atoms with van der Waals surface area (Å²) in [5.74, 6) is 0.00502. The van der Waals surface area contributed by atoms with Crippen LogP contribution in [0.5, 0.6) is 11.5 Å². The number of hydrogen-bond donors (Lipinski definition) is 1. The van der Waals surface area contributed by atoms with E-state index < -0.39 is 6.61 Å². The Morgan fingerprint density at radius 3 is 2.55 bits per heavy atom. The Morgan fingerprint density at radius 1 is 1.14 bits per heavy atom. The highest BCUT2D eigenvalue weighted by atomic mass is 19.3. The molecule has 0 aliphatic carbocycles. The molecule has 3 rings (SSSR count). The molecule has 0 atom stereocenters. The van der Waals surface area contributed by atoms with E-state index >= 15 is 0 Å². The van der Waals surface area contributed by atoms with Gasteiger partial charge >= 0.3 is 6.61 Å². The first-order valence-corrected chi connectivity index (χ1v) is 9.00. The summed E-state index contributed by atoms with van der Waals surface area (Å²) in [6.07, 6.45) is 5.79. The van der Waals surface area contributed by atoms with Gasteiger partial charge in [0.15, 0.2) is 11.5 Å². The standard InChI is InChI=1S/C21H21F2N3O3/c1-28-18-7-4-15(12-19(18)29-21(22)23)8-9-25-20(27)17-5-2-16(3-6-17)13-26-11-10-24-14-26/h2-7,10-12,14,21H,8-9,13H2,1H3,(H,25,27). The number of carbonyl (C=O) groups excluding carboxylic acids is 1. The van der Waals surface area contributed by atoms with Gasteiger partial charge in [0.05, 0.1) is 13.4 Å². The molecule has 0 radical (unpaired) electrons. The average Bonchev–Trinajstić information content (AvgIpc) is 3.21. The smallest absolute Gasteiger partial charge is 0.387 e. The summed E-state index contributed by atoms with van der Waals surface area (Å²) < 4.78 is 36.4. The van der Waals surface area contributed by atoms with E-state index in [0.29, 0.717) is 25.1 Å². The summed E-state index contributed by atoms with van der Waals surface area (Å²) in [6.45, 7) is -1.89. The van der Waals surface area contributed by atoms with E-state index in [1.165, 1.54) is 13.2 Å². The van der Waals surface area contributed by atoms with Crippen molar-refractivity contribution in [2.45, 2.75) is 19.6 Å². The fraction of sp³-hybridized carbons (Fsp3) is 0.238. The number of amides is 1. The van der Waals surface area contributed by atoms with Crippen LogP contribution >= 0.6 is 0 Å². The number of carbonyl (C=O) groups is 1. The number of benzene rings is 2. The van der Waals surface area contributed by atoms with E-state index in [-0.39, 0.29) is 17.4 Å². The molecule has 0 saturated heterocycles. The second-order valence-corrected chi connectivity index (χ2v) is 6.30. The van der Waals surface area contributed by atoms with Crippen LogP contribution in [-0.4, -0.2) is 35.7 Å². The highest BCUT2D eigenvalue weighted by Gasteiger charge is 2.12. The molecule has 29 heavy (non-hydrogen) atoms. The molecule has 152 valence electrons. The van der Waals surface area contributed by atoms with Gasteiger partial charge in [-0.3, -0.25) is 4.79 Å². The molecule has 0 spiro atoms. The lowest BCUT2D eigenvalue weighted by Gasteiger charge is -2.12. The van der Waals surface area contributed by atoms with Gasteiger partial charge in [0, 0.05) is 31.0 Å². The van der Waals surface area contributed by atoms with Gasteiger partial charge in [0.1, 0.15) is 0 Å². The van der Waals surface area contributed by atoms with Gasteiger partial charge in [0.25, 0.3) is 5.91 Å². The Kier molecular flexibility index (Phi) is 6.78. The molecular weight excluding hydrogens is 380 g/mol. The number of halogens is 2. The van der Waals surface area contributed by atoms with Gasteiger partial charge < -0.3 is 19.4 Å². The van der Waals surface area contributed by atoms with Crippen molar-refractivity contribution >= 4 is 5.91 Å². The van der Waals surface area contributed by atoms with Crippen LogP contribution in [0.4, 0.5) is 8.78 Å². The molecule has 0 bridgehead atoms. The fourth-order valence-electron chi connectivity index (χ4n) is 2.84. The van der Waals surface area contributed by atoms with Crippen molar-refractivity contribution in [1.29, 1.82) is 0 Å². The zero-order valence-electron chi connectivity index (χ0n) is 15.8. The normalized spacial score (nSPS) is 10.8. The predicted molar refractivity (Wildman–Crippen MR) is 103 cm³/mol. The molecule has 3 aromatic rings. The molecular formula is C21H21F2N3O3. The van der Waals surface area contributed by atoms with Crippen molar-refractivity contribution in [3.8, 4) is 11.5 Å². The van der Waals surface area contributed by atoms with Crippen LogP contribution in [0.2, 0.25) is 0 Å². The first-order valence-electron chi connectivity index (χ1n) is 9.00. The third-order valence-corrected chi connectivity index (χ3v) is 4.28. The third-order valence-electron chi connectivity index (χ3n) is 4.28. The lowest BCUT2D eigenvalue weighted by Crippen LogP contribution is -2.25. The highest BCUT2D eigenvalue weighted by Crippen LogP contribution is 2.29. The van der Waals surface area contributed by atoms with Gasteiger partial charge in [-0.25, -0.2) is 4.98 Å². The Morgan fingerprint density at radius 2 is 1.90 bits per heavy atom. The summed E-state index contributed by atoms with van der Waals surface area (Å²) in [4.78, 5) is 16.3. The summed E-state index contributed by atoms with van der Waals surface area (Å²) in [6, 6.07) is 12.1. The Labute approximate surface area is 167 Å².